The molecule has 1 aliphatic rings. The number of pyridine rings is 1. The van der Waals surface area contributed by atoms with E-state index in [-0.39, 0.29) is 16.2 Å². The van der Waals surface area contributed by atoms with Crippen LogP contribution in [0.15, 0.2) is 90.2 Å². The van der Waals surface area contributed by atoms with Gasteiger partial charge in [0, 0.05) is 42.0 Å². The summed E-state index contributed by atoms with van der Waals surface area (Å²) in [7, 11) is -1.79. The average molecular weight is 668 g/mol. The van der Waals surface area contributed by atoms with Crippen LogP contribution in [0.25, 0.3) is 27.8 Å². The first-order valence-electron chi connectivity index (χ1n) is 16.3. The molecule has 8 nitrogen and oxygen atoms in total. The van der Waals surface area contributed by atoms with E-state index in [0.717, 1.165) is 54.4 Å². The molecule has 1 fully saturated rings. The third kappa shape index (κ3) is 6.98. The Morgan fingerprint density at radius 3 is 2.36 bits per heavy atom. The van der Waals surface area contributed by atoms with Crippen LogP contribution < -0.4 is 10.9 Å². The Bertz CT molecular complexity index is 1940. The monoisotopic (exact) mass is 667 g/mol. The maximum atomic E-state index is 13.1. The minimum absolute atomic E-state index is 0.0630. The second-order valence-corrected chi connectivity index (χ2v) is 19.2. The first kappa shape index (κ1) is 32.9. The molecule has 244 valence electrons. The van der Waals surface area contributed by atoms with Gasteiger partial charge < -0.3 is 14.3 Å². The number of amides is 1. The van der Waals surface area contributed by atoms with Crippen molar-refractivity contribution in [3.8, 4) is 16.8 Å². The van der Waals surface area contributed by atoms with Crippen molar-refractivity contribution < 1.29 is 9.22 Å². The normalized spacial score (nSPS) is 17.1. The summed E-state index contributed by atoms with van der Waals surface area (Å²) in [6.45, 7) is 12.4. The third-order valence-electron chi connectivity index (χ3n) is 9.80. The fourth-order valence-corrected chi connectivity index (χ4v) is 7.79. The molecule has 10 heteroatoms. The van der Waals surface area contributed by atoms with Crippen LogP contribution >= 0.6 is 11.6 Å². The van der Waals surface area contributed by atoms with Crippen LogP contribution in [0.4, 0.5) is 5.69 Å². The lowest BCUT2D eigenvalue weighted by Crippen LogP contribution is -2.44. The molecule has 1 amide bonds. The van der Waals surface area contributed by atoms with Gasteiger partial charge in [-0.2, -0.15) is 0 Å². The van der Waals surface area contributed by atoms with Gasteiger partial charge in [-0.05, 0) is 91.7 Å². The van der Waals surface area contributed by atoms with Gasteiger partial charge in [-0.3, -0.25) is 14.2 Å². The van der Waals surface area contributed by atoms with Crippen LogP contribution in [0.3, 0.4) is 0 Å². The molecule has 3 heterocycles. The van der Waals surface area contributed by atoms with Gasteiger partial charge in [0.25, 0.3) is 11.5 Å². The van der Waals surface area contributed by atoms with E-state index in [0.29, 0.717) is 28.5 Å². The number of fused-ring (bicyclic) bond motifs is 1. The standard InChI is InChI=1S/C37H42ClN5O3Si/c1-37(2,3)47(4,5)46-29-19-13-25(14-20-29)22-42-23-31(32-33(38)39-24-40-34(32)42)26-15-17-27(18-16-26)41-35(44)30-12-9-21-43(36(30)45)28-10-7-6-8-11-28/h6-12,15-18,21,23-25,29H,13-14,19-20,22H2,1-5H3,(H,41,44)/t25-,29+. The molecule has 0 saturated heterocycles. The number of carbonyl (C=O) groups excluding carboxylic acids is 1. The first-order chi connectivity index (χ1) is 22.4. The highest BCUT2D eigenvalue weighted by Crippen LogP contribution is 2.40. The number of hydrogen-bond donors (Lipinski definition) is 1. The zero-order valence-corrected chi connectivity index (χ0v) is 29.4. The van der Waals surface area contributed by atoms with Gasteiger partial charge in [-0.15, -0.1) is 0 Å². The molecule has 0 unspecified atom stereocenters. The van der Waals surface area contributed by atoms with Crippen molar-refractivity contribution in [1.29, 1.82) is 0 Å². The molecule has 1 saturated carbocycles. The largest absolute Gasteiger partial charge is 0.414 e. The van der Waals surface area contributed by atoms with Crippen LogP contribution in [0.1, 0.15) is 56.8 Å². The number of nitrogens with one attached hydrogen (secondary N) is 1. The highest BCUT2D eigenvalue weighted by molar-refractivity contribution is 6.74. The molecule has 1 aliphatic carbocycles. The summed E-state index contributed by atoms with van der Waals surface area (Å²) >= 11 is 6.66. The van der Waals surface area contributed by atoms with E-state index in [1.807, 2.05) is 54.6 Å². The SMILES string of the molecule is CC(C)(C)[Si](C)(C)O[C@H]1CC[C@@H](Cn2cc(-c3ccc(NC(=O)c4cccn(-c5ccccc5)c4=O)cc3)c3c(Cl)ncnc32)CC1. The van der Waals surface area contributed by atoms with Crippen molar-refractivity contribution in [2.45, 2.75) is 77.2 Å². The molecule has 0 atom stereocenters. The first-order valence-corrected chi connectivity index (χ1v) is 19.6. The lowest BCUT2D eigenvalue weighted by atomic mass is 9.87. The highest BCUT2D eigenvalue weighted by atomic mass is 35.5. The zero-order valence-electron chi connectivity index (χ0n) is 27.7. The molecule has 3 aromatic heterocycles. The van der Waals surface area contributed by atoms with Gasteiger partial charge in [0.1, 0.15) is 22.7 Å². The summed E-state index contributed by atoms with van der Waals surface area (Å²) < 4.78 is 10.4. The Morgan fingerprint density at radius 1 is 0.979 bits per heavy atom. The second kappa shape index (κ2) is 13.2. The second-order valence-electron chi connectivity index (χ2n) is 14.0. The minimum atomic E-state index is -1.79. The number of benzene rings is 2. The number of rotatable bonds is 8. The molecule has 0 spiro atoms. The maximum absolute atomic E-state index is 13.1. The molecular formula is C37H42ClN5O3Si. The molecule has 1 N–H and O–H groups in total. The minimum Gasteiger partial charge on any atom is -0.414 e. The van der Waals surface area contributed by atoms with E-state index >= 15 is 0 Å². The summed E-state index contributed by atoms with van der Waals surface area (Å²) in [5, 5.41) is 4.30. The molecule has 0 radical (unpaired) electrons. The number of halogens is 1. The zero-order chi connectivity index (χ0) is 33.3. The van der Waals surface area contributed by atoms with E-state index in [9.17, 15) is 9.59 Å². The van der Waals surface area contributed by atoms with Crippen molar-refractivity contribution >= 4 is 42.5 Å². The van der Waals surface area contributed by atoms with Crippen LogP contribution in [-0.2, 0) is 11.0 Å². The number of nitrogens with zero attached hydrogens (tertiary/aromatic N) is 4. The van der Waals surface area contributed by atoms with Gasteiger partial charge in [0.2, 0.25) is 0 Å². The number of para-hydroxylation sites is 1. The Labute approximate surface area is 281 Å². The van der Waals surface area contributed by atoms with E-state index in [4.69, 9.17) is 16.0 Å². The molecule has 0 bridgehead atoms. The fourth-order valence-electron chi connectivity index (χ4n) is 6.14. The maximum Gasteiger partial charge on any atom is 0.267 e. The third-order valence-corrected chi connectivity index (χ3v) is 14.6. The van der Waals surface area contributed by atoms with E-state index in [1.165, 1.54) is 17.0 Å². The molecule has 0 aliphatic heterocycles. The van der Waals surface area contributed by atoms with Gasteiger partial charge in [0.15, 0.2) is 8.32 Å². The molecular weight excluding hydrogens is 626 g/mol. The van der Waals surface area contributed by atoms with Gasteiger partial charge in [0.05, 0.1) is 5.39 Å². The van der Waals surface area contributed by atoms with Crippen molar-refractivity contribution in [2.75, 3.05) is 5.32 Å². The summed E-state index contributed by atoms with van der Waals surface area (Å²) in [6, 6.07) is 20.0. The van der Waals surface area contributed by atoms with Crippen LogP contribution in [0.2, 0.25) is 23.3 Å². The quantitative estimate of drug-likeness (QED) is 0.132. The molecule has 2 aromatic carbocycles. The Balaban J connectivity index is 1.17. The van der Waals surface area contributed by atoms with Crippen molar-refractivity contribution in [3.63, 3.8) is 0 Å². The fraction of sp³-hybridized carbons (Fsp3) is 0.351. The average Bonchev–Trinajstić information content (AvgIpc) is 3.41. The van der Waals surface area contributed by atoms with Crippen molar-refractivity contribution in [3.05, 3.63) is 107 Å². The van der Waals surface area contributed by atoms with Gasteiger partial charge >= 0.3 is 0 Å². The molecule has 47 heavy (non-hydrogen) atoms. The van der Waals surface area contributed by atoms with Crippen LogP contribution in [0.5, 0.6) is 0 Å². The number of aromatic nitrogens is 4. The van der Waals surface area contributed by atoms with Crippen LogP contribution in [-0.4, -0.2) is 39.4 Å². The summed E-state index contributed by atoms with van der Waals surface area (Å²) in [4.78, 5) is 35.2. The molecule has 6 rings (SSSR count). The molecule has 5 aromatic rings. The topological polar surface area (TPSA) is 91.0 Å². The van der Waals surface area contributed by atoms with Crippen molar-refractivity contribution in [1.82, 2.24) is 19.1 Å². The number of anilines is 1. The predicted octanol–water partition coefficient (Wildman–Crippen LogP) is 8.74. The summed E-state index contributed by atoms with van der Waals surface area (Å²) in [6.07, 6.45) is 10.0. The highest BCUT2D eigenvalue weighted by Gasteiger charge is 2.40. The van der Waals surface area contributed by atoms with E-state index in [2.05, 4.69) is 59.9 Å². The summed E-state index contributed by atoms with van der Waals surface area (Å²) in [5.41, 5.74) is 3.64. The van der Waals surface area contributed by atoms with Gasteiger partial charge in [-0.1, -0.05) is 62.7 Å². The number of carbonyl (C=O) groups is 1. The Kier molecular flexibility index (Phi) is 9.24. The lowest BCUT2D eigenvalue weighted by molar-refractivity contribution is 0.102. The van der Waals surface area contributed by atoms with Crippen molar-refractivity contribution in [2.24, 2.45) is 5.92 Å². The predicted molar refractivity (Wildman–Crippen MR) is 192 cm³/mol. The Morgan fingerprint density at radius 2 is 1.68 bits per heavy atom. The number of hydrogen-bond acceptors (Lipinski definition) is 5. The lowest BCUT2D eigenvalue weighted by Gasteiger charge is -2.41. The van der Waals surface area contributed by atoms with E-state index in [1.54, 1.807) is 12.3 Å². The summed E-state index contributed by atoms with van der Waals surface area (Å²) in [5.74, 6) is 0.0546. The van der Waals surface area contributed by atoms with Crippen LogP contribution in [0, 0.1) is 5.92 Å². The van der Waals surface area contributed by atoms with E-state index < -0.39 is 14.2 Å². The smallest absolute Gasteiger partial charge is 0.267 e. The van der Waals surface area contributed by atoms with Gasteiger partial charge in [-0.25, -0.2) is 9.97 Å². The Hall–Kier alpha value is -4.05.